The molecular formula is C6H6ClFSi. The van der Waals surface area contributed by atoms with Gasteiger partial charge in [-0.15, -0.1) is 0 Å². The van der Waals surface area contributed by atoms with Gasteiger partial charge >= 0.3 is 0 Å². The highest BCUT2D eigenvalue weighted by atomic mass is 35.5. The van der Waals surface area contributed by atoms with Crippen molar-refractivity contribution in [2.24, 2.45) is 0 Å². The van der Waals surface area contributed by atoms with Crippen molar-refractivity contribution < 1.29 is 4.39 Å². The average Bonchev–Trinajstić information content (AvgIpc) is 1.80. The predicted molar refractivity (Wildman–Crippen MR) is 41.0 cm³/mol. The van der Waals surface area contributed by atoms with Crippen molar-refractivity contribution in [3.05, 3.63) is 29.0 Å². The van der Waals surface area contributed by atoms with Crippen LogP contribution in [0.4, 0.5) is 4.39 Å². The Morgan fingerprint density at radius 1 is 1.44 bits per heavy atom. The van der Waals surface area contributed by atoms with Crippen molar-refractivity contribution in [3.8, 4) is 0 Å². The van der Waals surface area contributed by atoms with Crippen LogP contribution in [-0.4, -0.2) is 10.2 Å². The summed E-state index contributed by atoms with van der Waals surface area (Å²) in [5.74, 6) is -0.204. The van der Waals surface area contributed by atoms with Crippen LogP contribution < -0.4 is 5.19 Å². The van der Waals surface area contributed by atoms with E-state index in [1.165, 1.54) is 12.1 Å². The lowest BCUT2D eigenvalue weighted by atomic mass is 10.3. The standard InChI is InChI=1S/C6H6ClFSi/c7-5-2-1-4(8)3-6(5)9/h1-3H,9H3. The molecule has 0 saturated heterocycles. The molecule has 0 nitrogen and oxygen atoms in total. The first-order valence-corrected chi connectivity index (χ1v) is 3.99. The quantitative estimate of drug-likeness (QED) is 0.484. The smallest absolute Gasteiger partial charge is 0.123 e. The highest BCUT2D eigenvalue weighted by Gasteiger charge is 1.93. The number of halogens is 2. The van der Waals surface area contributed by atoms with Crippen molar-refractivity contribution in [2.75, 3.05) is 0 Å². The maximum Gasteiger partial charge on any atom is 0.123 e. The van der Waals surface area contributed by atoms with E-state index in [1.807, 2.05) is 0 Å². The minimum atomic E-state index is -0.204. The molecule has 0 aliphatic heterocycles. The molecule has 0 spiro atoms. The molecule has 1 aromatic rings. The summed E-state index contributed by atoms with van der Waals surface area (Å²) in [6.07, 6.45) is 0. The second-order valence-electron chi connectivity index (χ2n) is 1.89. The monoisotopic (exact) mass is 160 g/mol. The number of rotatable bonds is 0. The third-order valence-electron chi connectivity index (χ3n) is 1.12. The van der Waals surface area contributed by atoms with Crippen LogP contribution in [-0.2, 0) is 0 Å². The Morgan fingerprint density at radius 3 is 2.56 bits per heavy atom. The normalized spacial score (nSPS) is 10.0. The molecular weight excluding hydrogens is 155 g/mol. The molecule has 0 saturated carbocycles. The number of hydrogen-bond acceptors (Lipinski definition) is 0. The summed E-state index contributed by atoms with van der Waals surface area (Å²) >= 11 is 5.65. The summed E-state index contributed by atoms with van der Waals surface area (Å²) in [4.78, 5) is 0. The third kappa shape index (κ3) is 1.53. The Kier molecular flexibility index (Phi) is 1.88. The molecule has 0 bridgehead atoms. The van der Waals surface area contributed by atoms with Gasteiger partial charge in [0.05, 0.1) is 0 Å². The minimum absolute atomic E-state index is 0.204. The fraction of sp³-hybridized carbons (Fsp3) is 0. The fourth-order valence-electron chi connectivity index (χ4n) is 0.608. The molecule has 1 rings (SSSR count). The summed E-state index contributed by atoms with van der Waals surface area (Å²) in [6.45, 7) is 0. The molecule has 1 aromatic carbocycles. The summed E-state index contributed by atoms with van der Waals surface area (Å²) in [7, 11) is 0.803. The molecule has 0 fully saturated rings. The molecule has 0 atom stereocenters. The second-order valence-corrected chi connectivity index (χ2v) is 3.38. The summed E-state index contributed by atoms with van der Waals surface area (Å²) < 4.78 is 12.3. The van der Waals surface area contributed by atoms with Gasteiger partial charge in [-0.3, -0.25) is 0 Å². The molecule has 0 aliphatic carbocycles. The molecule has 0 heterocycles. The SMILES string of the molecule is Fc1ccc(Cl)c([SiH3])c1. The lowest BCUT2D eigenvalue weighted by molar-refractivity contribution is 0.629. The maximum atomic E-state index is 12.3. The van der Waals surface area contributed by atoms with E-state index in [9.17, 15) is 4.39 Å². The van der Waals surface area contributed by atoms with Crippen LogP contribution in [0.2, 0.25) is 5.02 Å². The van der Waals surface area contributed by atoms with E-state index < -0.39 is 0 Å². The Bertz CT molecular complexity index is 224. The zero-order valence-corrected chi connectivity index (χ0v) is 7.74. The van der Waals surface area contributed by atoms with E-state index in [1.54, 1.807) is 6.07 Å². The zero-order valence-electron chi connectivity index (χ0n) is 4.99. The molecule has 3 heteroatoms. The fourth-order valence-corrected chi connectivity index (χ4v) is 1.17. The van der Waals surface area contributed by atoms with Gasteiger partial charge in [-0.25, -0.2) is 4.39 Å². The van der Waals surface area contributed by atoms with E-state index in [0.717, 1.165) is 15.4 Å². The lowest BCUT2D eigenvalue weighted by Crippen LogP contribution is -2.03. The van der Waals surface area contributed by atoms with Crippen LogP contribution in [0.1, 0.15) is 0 Å². The second kappa shape index (κ2) is 2.50. The van der Waals surface area contributed by atoms with Crippen LogP contribution in [0.3, 0.4) is 0 Å². The van der Waals surface area contributed by atoms with E-state index in [2.05, 4.69) is 0 Å². The first kappa shape index (κ1) is 6.77. The van der Waals surface area contributed by atoms with Gasteiger partial charge < -0.3 is 0 Å². The molecule has 0 aliphatic rings. The van der Waals surface area contributed by atoms with Crippen molar-refractivity contribution in [2.45, 2.75) is 0 Å². The molecule has 48 valence electrons. The van der Waals surface area contributed by atoms with Gasteiger partial charge in [-0.2, -0.15) is 0 Å². The first-order chi connectivity index (χ1) is 4.20. The zero-order chi connectivity index (χ0) is 6.85. The highest BCUT2D eigenvalue weighted by Crippen LogP contribution is 2.04. The Labute approximate surface area is 61.1 Å². The van der Waals surface area contributed by atoms with Gasteiger partial charge in [-0.05, 0) is 23.4 Å². The van der Waals surface area contributed by atoms with Crippen LogP contribution in [0.5, 0.6) is 0 Å². The van der Waals surface area contributed by atoms with Crippen LogP contribution in [0.15, 0.2) is 18.2 Å². The Morgan fingerprint density at radius 2 is 2.11 bits per heavy atom. The van der Waals surface area contributed by atoms with Gasteiger partial charge in [-0.1, -0.05) is 11.6 Å². The molecule has 0 amide bonds. The van der Waals surface area contributed by atoms with Gasteiger partial charge in [0.1, 0.15) is 5.82 Å². The summed E-state index contributed by atoms with van der Waals surface area (Å²) in [6, 6.07) is 4.41. The van der Waals surface area contributed by atoms with Crippen molar-refractivity contribution >= 4 is 27.0 Å². The molecule has 0 aromatic heterocycles. The van der Waals surface area contributed by atoms with E-state index >= 15 is 0 Å². The highest BCUT2D eigenvalue weighted by molar-refractivity contribution is 6.44. The largest absolute Gasteiger partial charge is 0.207 e. The molecule has 0 radical (unpaired) electrons. The topological polar surface area (TPSA) is 0 Å². The van der Waals surface area contributed by atoms with E-state index in [-0.39, 0.29) is 5.82 Å². The Hall–Kier alpha value is -0.343. The van der Waals surface area contributed by atoms with Crippen molar-refractivity contribution in [3.63, 3.8) is 0 Å². The first-order valence-electron chi connectivity index (χ1n) is 2.62. The molecule has 0 N–H and O–H groups in total. The van der Waals surface area contributed by atoms with Crippen LogP contribution in [0, 0.1) is 5.82 Å². The Balaban J connectivity index is 3.17. The predicted octanol–water partition coefficient (Wildman–Crippen LogP) is 0.470. The molecule has 0 unspecified atom stereocenters. The van der Waals surface area contributed by atoms with Crippen LogP contribution >= 0.6 is 11.6 Å². The van der Waals surface area contributed by atoms with Gasteiger partial charge in [0.2, 0.25) is 0 Å². The van der Waals surface area contributed by atoms with Gasteiger partial charge in [0, 0.05) is 15.3 Å². The van der Waals surface area contributed by atoms with Crippen molar-refractivity contribution in [1.29, 1.82) is 0 Å². The van der Waals surface area contributed by atoms with E-state index in [0.29, 0.717) is 5.02 Å². The lowest BCUT2D eigenvalue weighted by Gasteiger charge is -1.94. The van der Waals surface area contributed by atoms with Gasteiger partial charge in [0.15, 0.2) is 0 Å². The number of hydrogen-bond donors (Lipinski definition) is 0. The summed E-state index contributed by atoms with van der Waals surface area (Å²) in [5.41, 5.74) is 0. The number of benzene rings is 1. The molecule has 9 heavy (non-hydrogen) atoms. The summed E-state index contributed by atoms with van der Waals surface area (Å²) in [5, 5.41) is 1.58. The van der Waals surface area contributed by atoms with E-state index in [4.69, 9.17) is 11.6 Å². The minimum Gasteiger partial charge on any atom is -0.207 e. The third-order valence-corrected chi connectivity index (χ3v) is 2.69. The van der Waals surface area contributed by atoms with Crippen LogP contribution in [0.25, 0.3) is 0 Å². The van der Waals surface area contributed by atoms with Crippen molar-refractivity contribution in [1.82, 2.24) is 0 Å². The maximum absolute atomic E-state index is 12.3. The van der Waals surface area contributed by atoms with Gasteiger partial charge in [0.25, 0.3) is 0 Å². The average molecular weight is 161 g/mol.